The second-order valence-electron chi connectivity index (χ2n) is 17.0. The Morgan fingerprint density at radius 3 is 1.38 bits per heavy atom. The van der Waals surface area contributed by atoms with E-state index in [0.717, 1.165) is 43.4 Å². The number of para-hydroxylation sites is 2. The minimum atomic E-state index is -0.376. The minimum Gasteiger partial charge on any atom is -0.487 e. The van der Waals surface area contributed by atoms with Gasteiger partial charge >= 0.3 is 5.97 Å². The molecule has 0 spiro atoms. The molecular weight excluding hydrogens is 713 g/mol. The average Bonchev–Trinajstić information content (AvgIpc) is 3.25. The third kappa shape index (κ3) is 21.8. The second kappa shape index (κ2) is 32.7. The summed E-state index contributed by atoms with van der Waals surface area (Å²) < 4.78 is 18.6. The number of carbonyl (C=O) groups excluding carboxylic acids is 1. The predicted octanol–water partition coefficient (Wildman–Crippen LogP) is 17.4. The molecule has 2 unspecified atom stereocenters. The molecule has 0 aliphatic rings. The Labute approximate surface area is 356 Å². The Kier molecular flexibility index (Phi) is 27.8. The van der Waals surface area contributed by atoms with Crippen molar-refractivity contribution in [1.29, 1.82) is 0 Å². The monoisotopic (exact) mass is 797 g/mol. The molecular formula is C54H84O4. The van der Waals surface area contributed by atoms with Gasteiger partial charge in [-0.1, -0.05) is 223 Å². The molecule has 324 valence electrons. The van der Waals surface area contributed by atoms with Gasteiger partial charge in [-0.05, 0) is 73.6 Å². The lowest BCUT2D eigenvalue weighted by Gasteiger charge is -2.20. The molecule has 0 aromatic heterocycles. The fourth-order valence-electron chi connectivity index (χ4n) is 7.99. The number of hydrogen-bond donors (Lipinski definition) is 0. The molecule has 3 aromatic rings. The average molecular weight is 797 g/mol. The van der Waals surface area contributed by atoms with E-state index in [9.17, 15) is 4.79 Å². The van der Waals surface area contributed by atoms with E-state index in [1.165, 1.54) is 160 Å². The van der Waals surface area contributed by atoms with Crippen LogP contribution in [0.15, 0.2) is 72.8 Å². The van der Waals surface area contributed by atoms with Crippen LogP contribution in [-0.2, 0) is 4.74 Å². The maximum atomic E-state index is 13.3. The molecule has 4 heteroatoms. The zero-order valence-corrected chi connectivity index (χ0v) is 37.7. The van der Waals surface area contributed by atoms with Crippen LogP contribution in [0.25, 0.3) is 11.1 Å². The third-order valence-corrected chi connectivity index (χ3v) is 11.8. The Balaban J connectivity index is 1.32. The summed E-state index contributed by atoms with van der Waals surface area (Å²) in [7, 11) is 0. The van der Waals surface area contributed by atoms with Crippen LogP contribution in [0.3, 0.4) is 0 Å². The van der Waals surface area contributed by atoms with Gasteiger partial charge in [0.2, 0.25) is 0 Å². The largest absolute Gasteiger partial charge is 0.487 e. The van der Waals surface area contributed by atoms with E-state index in [0.29, 0.717) is 17.1 Å². The van der Waals surface area contributed by atoms with E-state index < -0.39 is 0 Å². The van der Waals surface area contributed by atoms with E-state index in [2.05, 4.69) is 52.0 Å². The Morgan fingerprint density at radius 2 is 0.897 bits per heavy atom. The van der Waals surface area contributed by atoms with Crippen LogP contribution in [0, 0.1) is 0 Å². The molecule has 0 heterocycles. The van der Waals surface area contributed by atoms with Crippen molar-refractivity contribution < 1.29 is 19.0 Å². The van der Waals surface area contributed by atoms with Gasteiger partial charge in [0.05, 0.1) is 17.8 Å². The number of benzene rings is 3. The highest BCUT2D eigenvalue weighted by atomic mass is 16.6. The summed E-state index contributed by atoms with van der Waals surface area (Å²) in [5, 5.41) is 0. The van der Waals surface area contributed by atoms with E-state index in [-0.39, 0.29) is 18.2 Å². The van der Waals surface area contributed by atoms with Crippen molar-refractivity contribution in [3.05, 3.63) is 83.9 Å². The first-order valence-electron chi connectivity index (χ1n) is 24.4. The molecule has 58 heavy (non-hydrogen) atoms. The normalized spacial score (nSPS) is 12.4. The van der Waals surface area contributed by atoms with Crippen molar-refractivity contribution in [3.63, 3.8) is 0 Å². The van der Waals surface area contributed by atoms with Gasteiger partial charge in [-0.2, -0.15) is 0 Å². The molecule has 0 aliphatic heterocycles. The van der Waals surface area contributed by atoms with Crippen LogP contribution in [-0.4, -0.2) is 18.7 Å². The van der Waals surface area contributed by atoms with Crippen LogP contribution < -0.4 is 9.47 Å². The Morgan fingerprint density at radius 1 is 0.466 bits per heavy atom. The molecule has 3 rings (SSSR count). The lowest BCUT2D eigenvalue weighted by Crippen LogP contribution is -2.17. The number of carbonyl (C=O) groups is 1. The third-order valence-electron chi connectivity index (χ3n) is 11.8. The summed E-state index contributed by atoms with van der Waals surface area (Å²) in [5.41, 5.74) is 3.88. The highest BCUT2D eigenvalue weighted by Crippen LogP contribution is 2.31. The van der Waals surface area contributed by atoms with Gasteiger partial charge in [0.25, 0.3) is 0 Å². The molecule has 0 fully saturated rings. The standard InChI is InChI=1S/C54H84O4/c1-5-8-10-12-14-16-17-18-19-20-21-22-24-26-28-32-45-56-46(4)47-37-39-48(40-38-47)49-41-43-50(44-42-49)54(55)58-53-36-31-30-35-52(53)57-51(33-7-3)34-29-27-25-23-15-13-11-9-6-2/h30-31,35-44,46,51H,5-29,32-34,45H2,1-4H3. The molecule has 0 radical (unpaired) electrons. The molecule has 3 aromatic carbocycles. The molecule has 0 N–H and O–H groups in total. The number of ether oxygens (including phenoxy) is 3. The molecule has 0 saturated heterocycles. The smallest absolute Gasteiger partial charge is 0.343 e. The van der Waals surface area contributed by atoms with Gasteiger partial charge in [0.1, 0.15) is 0 Å². The van der Waals surface area contributed by atoms with Crippen LogP contribution in [0.4, 0.5) is 0 Å². The van der Waals surface area contributed by atoms with Crippen LogP contribution in [0.5, 0.6) is 11.5 Å². The lowest BCUT2D eigenvalue weighted by molar-refractivity contribution is 0.0627. The van der Waals surface area contributed by atoms with Gasteiger partial charge in [-0.3, -0.25) is 0 Å². The molecule has 0 bridgehead atoms. The highest BCUT2D eigenvalue weighted by Gasteiger charge is 2.17. The van der Waals surface area contributed by atoms with Gasteiger partial charge in [-0.25, -0.2) is 4.79 Å². The second-order valence-corrected chi connectivity index (χ2v) is 17.0. The van der Waals surface area contributed by atoms with Gasteiger partial charge < -0.3 is 14.2 Å². The summed E-state index contributed by atoms with van der Waals surface area (Å²) >= 11 is 0. The van der Waals surface area contributed by atoms with E-state index in [4.69, 9.17) is 14.2 Å². The summed E-state index contributed by atoms with van der Waals surface area (Å²) in [6, 6.07) is 23.9. The molecule has 0 saturated carbocycles. The number of hydrogen-bond acceptors (Lipinski definition) is 4. The summed E-state index contributed by atoms with van der Waals surface area (Å²) in [5.74, 6) is 0.746. The van der Waals surface area contributed by atoms with Crippen molar-refractivity contribution in [3.8, 4) is 22.6 Å². The molecule has 0 amide bonds. The van der Waals surface area contributed by atoms with Gasteiger partial charge in [-0.15, -0.1) is 0 Å². The SMILES string of the molecule is CCCCCCCCCCCCCCCCCCOC(C)c1ccc(-c2ccc(C(=O)Oc3ccccc3OC(CCC)CCCCCCCCCCC)cc2)cc1. The first-order valence-corrected chi connectivity index (χ1v) is 24.4. The Hall–Kier alpha value is -3.11. The van der Waals surface area contributed by atoms with Crippen LogP contribution >= 0.6 is 0 Å². The summed E-state index contributed by atoms with van der Waals surface area (Å²) in [6.07, 6.45) is 37.2. The topological polar surface area (TPSA) is 44.8 Å². The highest BCUT2D eigenvalue weighted by molar-refractivity contribution is 5.92. The molecule has 2 atom stereocenters. The molecule has 4 nitrogen and oxygen atoms in total. The maximum Gasteiger partial charge on any atom is 0.343 e. The fraction of sp³-hybridized carbons (Fsp3) is 0.648. The number of unbranched alkanes of at least 4 members (excludes halogenated alkanes) is 23. The first-order chi connectivity index (χ1) is 28.5. The summed E-state index contributed by atoms with van der Waals surface area (Å²) in [6.45, 7) is 9.73. The van der Waals surface area contributed by atoms with Crippen molar-refractivity contribution in [2.45, 2.75) is 220 Å². The zero-order valence-electron chi connectivity index (χ0n) is 37.7. The van der Waals surface area contributed by atoms with Gasteiger partial charge in [0.15, 0.2) is 11.5 Å². The predicted molar refractivity (Wildman–Crippen MR) is 248 cm³/mol. The zero-order chi connectivity index (χ0) is 41.3. The van der Waals surface area contributed by atoms with Crippen LogP contribution in [0.2, 0.25) is 0 Å². The lowest BCUT2D eigenvalue weighted by atomic mass is 10.0. The minimum absolute atomic E-state index is 0.0709. The maximum absolute atomic E-state index is 13.3. The van der Waals surface area contributed by atoms with Gasteiger partial charge in [0, 0.05) is 6.61 Å². The van der Waals surface area contributed by atoms with Crippen LogP contribution in [0.1, 0.15) is 230 Å². The van der Waals surface area contributed by atoms with Crippen molar-refractivity contribution >= 4 is 5.97 Å². The fourth-order valence-corrected chi connectivity index (χ4v) is 7.99. The number of rotatable bonds is 36. The summed E-state index contributed by atoms with van der Waals surface area (Å²) in [4.78, 5) is 13.3. The van der Waals surface area contributed by atoms with E-state index >= 15 is 0 Å². The van der Waals surface area contributed by atoms with Crippen molar-refractivity contribution in [1.82, 2.24) is 0 Å². The van der Waals surface area contributed by atoms with E-state index in [1.807, 2.05) is 48.5 Å². The quantitative estimate of drug-likeness (QED) is 0.0334. The van der Waals surface area contributed by atoms with Crippen molar-refractivity contribution in [2.75, 3.05) is 6.61 Å². The Bertz CT molecular complexity index is 1410. The first kappa shape index (κ1) is 49.3. The molecule has 0 aliphatic carbocycles. The van der Waals surface area contributed by atoms with Crippen molar-refractivity contribution in [2.24, 2.45) is 0 Å². The number of esters is 1. The van der Waals surface area contributed by atoms with E-state index in [1.54, 1.807) is 0 Å².